The molecule has 0 saturated carbocycles. The van der Waals surface area contributed by atoms with Crippen LogP contribution < -0.4 is 14.4 Å². The highest BCUT2D eigenvalue weighted by molar-refractivity contribution is 5.84. The molecule has 35 heavy (non-hydrogen) atoms. The lowest BCUT2D eigenvalue weighted by molar-refractivity contribution is -0.128. The summed E-state index contributed by atoms with van der Waals surface area (Å²) < 4.78 is 10.5. The van der Waals surface area contributed by atoms with Crippen molar-refractivity contribution in [2.75, 3.05) is 4.90 Å². The normalized spacial score (nSPS) is 11.2. The molecule has 4 rings (SSSR count). The van der Waals surface area contributed by atoms with Crippen LogP contribution in [0.2, 0.25) is 0 Å². The van der Waals surface area contributed by atoms with Crippen LogP contribution in [-0.2, 0) is 4.79 Å². The van der Waals surface area contributed by atoms with Crippen molar-refractivity contribution < 1.29 is 19.4 Å². The summed E-state index contributed by atoms with van der Waals surface area (Å²) in [5, 5.41) is 9.56. The Morgan fingerprint density at radius 1 is 0.714 bits per heavy atom. The van der Waals surface area contributed by atoms with E-state index in [2.05, 4.69) is 42.3 Å². The highest BCUT2D eigenvalue weighted by atomic mass is 16.6. The first-order valence-corrected chi connectivity index (χ1v) is 11.0. The number of ether oxygens (including phenoxy) is 2. The molecule has 0 aromatic heterocycles. The number of nitrogens with zero attached hydrogens (tertiary/aromatic N) is 1. The predicted molar refractivity (Wildman–Crippen MR) is 139 cm³/mol. The highest BCUT2D eigenvalue weighted by Gasteiger charge is 2.13. The minimum atomic E-state index is -1.03. The average Bonchev–Trinajstić information content (AvgIpc) is 2.91. The molecule has 0 amide bonds. The monoisotopic (exact) mass is 463 g/mol. The van der Waals surface area contributed by atoms with E-state index in [1.807, 2.05) is 66.7 Å². The highest BCUT2D eigenvalue weighted by Crippen LogP contribution is 2.36. The standard InChI is InChI=1S/C30H25NO4/c1-3-29(32)34-27-18-12-23(13-19-27)22-10-14-25(15-11-22)31(24-8-6-5-7-9-24)26-16-20-28(21-17-26)35-30(33)4-2/h3-21,29,32H,1-2H2. The second kappa shape index (κ2) is 11.0. The minimum absolute atomic E-state index is 0.454. The molecular formula is C30H25NO4. The minimum Gasteiger partial charge on any atom is -0.461 e. The molecule has 0 spiro atoms. The van der Waals surface area contributed by atoms with Crippen molar-refractivity contribution in [3.8, 4) is 22.6 Å². The van der Waals surface area contributed by atoms with Gasteiger partial charge in [0.05, 0.1) is 0 Å². The van der Waals surface area contributed by atoms with Crippen molar-refractivity contribution in [1.29, 1.82) is 0 Å². The van der Waals surface area contributed by atoms with Crippen molar-refractivity contribution in [1.82, 2.24) is 0 Å². The molecule has 1 unspecified atom stereocenters. The first-order valence-electron chi connectivity index (χ1n) is 11.0. The molecule has 0 saturated heterocycles. The third kappa shape index (κ3) is 5.85. The summed E-state index contributed by atoms with van der Waals surface area (Å²) >= 11 is 0. The molecule has 1 N–H and O–H groups in total. The fourth-order valence-electron chi connectivity index (χ4n) is 3.56. The molecule has 1 atom stereocenters. The third-order valence-corrected chi connectivity index (χ3v) is 5.27. The first-order chi connectivity index (χ1) is 17.1. The number of aliphatic hydroxyl groups excluding tert-OH is 1. The largest absolute Gasteiger partial charge is 0.461 e. The van der Waals surface area contributed by atoms with E-state index < -0.39 is 12.3 Å². The van der Waals surface area contributed by atoms with Gasteiger partial charge >= 0.3 is 5.97 Å². The lowest BCUT2D eigenvalue weighted by Crippen LogP contribution is -2.11. The second-order valence-electron chi connectivity index (χ2n) is 7.61. The molecule has 0 radical (unpaired) electrons. The van der Waals surface area contributed by atoms with E-state index in [0.717, 1.165) is 34.3 Å². The van der Waals surface area contributed by atoms with Gasteiger partial charge in [0.2, 0.25) is 6.29 Å². The number of aliphatic hydroxyl groups is 1. The van der Waals surface area contributed by atoms with E-state index in [-0.39, 0.29) is 0 Å². The molecular weight excluding hydrogens is 438 g/mol. The Hall–Kier alpha value is -4.61. The quantitative estimate of drug-likeness (QED) is 0.0973. The van der Waals surface area contributed by atoms with Crippen molar-refractivity contribution in [2.45, 2.75) is 6.29 Å². The molecule has 5 heteroatoms. The number of carbonyl (C=O) groups excluding carboxylic acids is 1. The van der Waals surface area contributed by atoms with Gasteiger partial charge in [-0.2, -0.15) is 0 Å². The van der Waals surface area contributed by atoms with Crippen LogP contribution in [0.3, 0.4) is 0 Å². The van der Waals surface area contributed by atoms with Crippen molar-refractivity contribution in [2.24, 2.45) is 0 Å². The lowest BCUT2D eigenvalue weighted by Gasteiger charge is -2.25. The number of rotatable bonds is 9. The topological polar surface area (TPSA) is 59.0 Å². The zero-order valence-electron chi connectivity index (χ0n) is 19.1. The number of hydrogen-bond donors (Lipinski definition) is 1. The Balaban J connectivity index is 1.61. The summed E-state index contributed by atoms with van der Waals surface area (Å²) in [4.78, 5) is 13.6. The summed E-state index contributed by atoms with van der Waals surface area (Å²) in [6, 6.07) is 33.1. The van der Waals surface area contributed by atoms with Gasteiger partial charge in [-0.25, -0.2) is 4.79 Å². The zero-order valence-corrected chi connectivity index (χ0v) is 19.1. The smallest absolute Gasteiger partial charge is 0.335 e. The van der Waals surface area contributed by atoms with Crippen LogP contribution in [0.5, 0.6) is 11.5 Å². The van der Waals surface area contributed by atoms with Gasteiger partial charge in [0.25, 0.3) is 0 Å². The summed E-state index contributed by atoms with van der Waals surface area (Å²) in [7, 11) is 0. The Morgan fingerprint density at radius 3 is 1.74 bits per heavy atom. The van der Waals surface area contributed by atoms with E-state index in [4.69, 9.17) is 9.47 Å². The van der Waals surface area contributed by atoms with Crippen LogP contribution in [0.15, 0.2) is 128 Å². The van der Waals surface area contributed by atoms with E-state index in [0.29, 0.717) is 11.5 Å². The van der Waals surface area contributed by atoms with Crippen molar-refractivity contribution in [3.05, 3.63) is 128 Å². The van der Waals surface area contributed by atoms with E-state index in [1.54, 1.807) is 12.1 Å². The van der Waals surface area contributed by atoms with Gasteiger partial charge < -0.3 is 19.5 Å². The molecule has 0 fully saturated rings. The molecule has 0 aliphatic rings. The van der Waals surface area contributed by atoms with Crippen molar-refractivity contribution in [3.63, 3.8) is 0 Å². The van der Waals surface area contributed by atoms with Crippen LogP contribution in [0, 0.1) is 0 Å². The Kier molecular flexibility index (Phi) is 7.40. The van der Waals surface area contributed by atoms with Gasteiger partial charge in [-0.1, -0.05) is 55.6 Å². The Bertz CT molecular complexity index is 1280. The van der Waals surface area contributed by atoms with Crippen LogP contribution in [0.4, 0.5) is 17.1 Å². The van der Waals surface area contributed by atoms with Gasteiger partial charge in [0.1, 0.15) is 11.5 Å². The molecule has 0 bridgehead atoms. The molecule has 174 valence electrons. The maximum Gasteiger partial charge on any atom is 0.335 e. The lowest BCUT2D eigenvalue weighted by atomic mass is 10.0. The fraction of sp³-hybridized carbons (Fsp3) is 0.0333. The molecule has 0 aliphatic carbocycles. The number of benzene rings is 4. The maximum atomic E-state index is 11.5. The Morgan fingerprint density at radius 2 is 1.20 bits per heavy atom. The number of para-hydroxylation sites is 1. The SMILES string of the molecule is C=CC(=O)Oc1ccc(N(c2ccccc2)c2ccc(-c3ccc(OC(O)C=C)cc3)cc2)cc1. The Labute approximate surface area is 204 Å². The van der Waals surface area contributed by atoms with E-state index in [1.165, 1.54) is 6.08 Å². The van der Waals surface area contributed by atoms with Gasteiger partial charge in [-0.05, 0) is 77.9 Å². The molecule has 0 aliphatic heterocycles. The number of carbonyl (C=O) groups is 1. The number of anilines is 3. The summed E-state index contributed by atoms with van der Waals surface area (Å²) in [6.07, 6.45) is 1.43. The number of hydrogen-bond acceptors (Lipinski definition) is 5. The van der Waals surface area contributed by atoms with E-state index in [9.17, 15) is 9.90 Å². The summed E-state index contributed by atoms with van der Waals surface area (Å²) in [5.74, 6) is 0.523. The second-order valence-corrected chi connectivity index (χ2v) is 7.61. The van der Waals surface area contributed by atoms with Gasteiger partial charge in [-0.15, -0.1) is 0 Å². The zero-order chi connectivity index (χ0) is 24.6. The molecule has 4 aromatic carbocycles. The summed E-state index contributed by atoms with van der Waals surface area (Å²) in [6.45, 7) is 6.93. The van der Waals surface area contributed by atoms with Crippen LogP contribution >= 0.6 is 0 Å². The molecule has 5 nitrogen and oxygen atoms in total. The number of esters is 1. The fourth-order valence-corrected chi connectivity index (χ4v) is 3.56. The third-order valence-electron chi connectivity index (χ3n) is 5.27. The van der Waals surface area contributed by atoms with Gasteiger partial charge in [-0.3, -0.25) is 0 Å². The first kappa shape index (κ1) is 23.5. The van der Waals surface area contributed by atoms with Crippen LogP contribution in [-0.4, -0.2) is 17.4 Å². The van der Waals surface area contributed by atoms with E-state index >= 15 is 0 Å². The average molecular weight is 464 g/mol. The predicted octanol–water partition coefficient (Wildman–Crippen LogP) is 6.80. The van der Waals surface area contributed by atoms with Gasteiger partial charge in [0.15, 0.2) is 0 Å². The van der Waals surface area contributed by atoms with Crippen molar-refractivity contribution >= 4 is 23.0 Å². The van der Waals surface area contributed by atoms with Crippen LogP contribution in [0.1, 0.15) is 0 Å². The molecule has 4 aromatic rings. The van der Waals surface area contributed by atoms with Crippen LogP contribution in [0.25, 0.3) is 11.1 Å². The summed E-state index contributed by atoms with van der Waals surface area (Å²) in [5.41, 5.74) is 4.97. The molecule has 0 heterocycles. The maximum absolute atomic E-state index is 11.5. The van der Waals surface area contributed by atoms with Gasteiger partial charge in [0, 0.05) is 23.1 Å².